The third-order valence-electron chi connectivity index (χ3n) is 3.89. The summed E-state index contributed by atoms with van der Waals surface area (Å²) in [6.07, 6.45) is 0.587. The zero-order valence-corrected chi connectivity index (χ0v) is 10.8. The van der Waals surface area contributed by atoms with Gasteiger partial charge >= 0.3 is 0 Å². The van der Waals surface area contributed by atoms with E-state index in [4.69, 9.17) is 9.47 Å². The largest absolute Gasteiger partial charge is 0.454 e. The summed E-state index contributed by atoms with van der Waals surface area (Å²) < 4.78 is 10.7. The van der Waals surface area contributed by atoms with Gasteiger partial charge in [0.05, 0.1) is 6.10 Å². The third kappa shape index (κ3) is 1.90. The second kappa shape index (κ2) is 4.05. The lowest BCUT2D eigenvalue weighted by Gasteiger charge is -2.43. The van der Waals surface area contributed by atoms with Gasteiger partial charge in [0, 0.05) is 30.3 Å². The molecule has 1 N–H and O–H groups in total. The maximum Gasteiger partial charge on any atom is 0.231 e. The quantitative estimate of drug-likeness (QED) is 0.826. The van der Waals surface area contributed by atoms with Crippen LogP contribution in [-0.4, -0.2) is 31.1 Å². The number of fused-ring (bicyclic) bond motifs is 1. The molecule has 1 saturated heterocycles. The van der Waals surface area contributed by atoms with Gasteiger partial charge in [-0.2, -0.15) is 0 Å². The average Bonchev–Trinajstić information content (AvgIpc) is 2.79. The molecule has 2 heterocycles. The molecule has 0 amide bonds. The molecule has 0 aliphatic carbocycles. The molecule has 4 heteroatoms. The van der Waals surface area contributed by atoms with Crippen molar-refractivity contribution in [2.75, 3.05) is 24.8 Å². The van der Waals surface area contributed by atoms with Crippen molar-refractivity contribution in [3.05, 3.63) is 18.2 Å². The van der Waals surface area contributed by atoms with Gasteiger partial charge in [-0.25, -0.2) is 0 Å². The summed E-state index contributed by atoms with van der Waals surface area (Å²) in [5.74, 6) is 1.63. The predicted octanol–water partition coefficient (Wildman–Crippen LogP) is 2.01. The van der Waals surface area contributed by atoms with Gasteiger partial charge in [-0.3, -0.25) is 0 Å². The fourth-order valence-corrected chi connectivity index (χ4v) is 2.65. The van der Waals surface area contributed by atoms with E-state index in [2.05, 4.69) is 24.8 Å². The van der Waals surface area contributed by atoms with E-state index in [0.29, 0.717) is 6.79 Å². The van der Waals surface area contributed by atoms with Crippen LogP contribution < -0.4 is 14.4 Å². The topological polar surface area (TPSA) is 41.9 Å². The lowest BCUT2D eigenvalue weighted by molar-refractivity contribution is 0.0336. The Kier molecular flexibility index (Phi) is 2.63. The first-order valence-electron chi connectivity index (χ1n) is 6.39. The van der Waals surface area contributed by atoms with E-state index in [0.717, 1.165) is 36.7 Å². The molecule has 2 aliphatic heterocycles. The second-order valence-electron chi connectivity index (χ2n) is 5.75. The molecule has 1 unspecified atom stereocenters. The number of hydrogen-bond donors (Lipinski definition) is 1. The molecule has 98 valence electrons. The van der Waals surface area contributed by atoms with E-state index in [1.165, 1.54) is 0 Å². The number of ether oxygens (including phenoxy) is 2. The van der Waals surface area contributed by atoms with Crippen LogP contribution in [0, 0.1) is 5.41 Å². The van der Waals surface area contributed by atoms with Gasteiger partial charge in [0.25, 0.3) is 0 Å². The number of aliphatic hydroxyl groups excluding tert-OH is 1. The van der Waals surface area contributed by atoms with E-state index < -0.39 is 0 Å². The summed E-state index contributed by atoms with van der Waals surface area (Å²) >= 11 is 0. The molecule has 0 spiro atoms. The summed E-state index contributed by atoms with van der Waals surface area (Å²) in [5, 5.41) is 9.99. The maximum atomic E-state index is 9.99. The van der Waals surface area contributed by atoms with Crippen LogP contribution in [0.1, 0.15) is 20.3 Å². The van der Waals surface area contributed by atoms with Gasteiger partial charge in [0.1, 0.15) is 0 Å². The molecule has 0 saturated carbocycles. The molecule has 18 heavy (non-hydrogen) atoms. The summed E-state index contributed by atoms with van der Waals surface area (Å²) in [7, 11) is 0. The third-order valence-corrected chi connectivity index (χ3v) is 3.89. The molecule has 0 bridgehead atoms. The van der Waals surface area contributed by atoms with Crippen LogP contribution in [0.2, 0.25) is 0 Å². The molecule has 1 atom stereocenters. The van der Waals surface area contributed by atoms with Crippen molar-refractivity contribution in [2.45, 2.75) is 26.4 Å². The standard InChI is InChI=1S/C14H19NO3/c1-14(2)8-15(6-5-13(14)16)10-3-4-11-12(7-10)18-9-17-11/h3-4,7,13,16H,5-6,8-9H2,1-2H3. The van der Waals surface area contributed by atoms with Gasteiger partial charge in [0.2, 0.25) is 6.79 Å². The van der Waals surface area contributed by atoms with Crippen LogP contribution in [-0.2, 0) is 0 Å². The van der Waals surface area contributed by atoms with Gasteiger partial charge in [-0.15, -0.1) is 0 Å². The van der Waals surface area contributed by atoms with E-state index in [-0.39, 0.29) is 11.5 Å². The van der Waals surface area contributed by atoms with Gasteiger partial charge < -0.3 is 19.5 Å². The molecule has 1 aromatic carbocycles. The molecule has 1 aromatic rings. The summed E-state index contributed by atoms with van der Waals surface area (Å²) in [4.78, 5) is 2.30. The zero-order chi connectivity index (χ0) is 12.8. The molecular formula is C14H19NO3. The van der Waals surface area contributed by atoms with E-state index in [1.807, 2.05) is 12.1 Å². The zero-order valence-electron chi connectivity index (χ0n) is 10.8. The SMILES string of the molecule is CC1(C)CN(c2ccc3c(c2)OCO3)CCC1O. The molecule has 1 fully saturated rings. The Bertz CT molecular complexity index is 458. The van der Waals surface area contributed by atoms with E-state index >= 15 is 0 Å². The van der Waals surface area contributed by atoms with Crippen LogP contribution in [0.3, 0.4) is 0 Å². The normalized spacial score (nSPS) is 25.3. The Labute approximate surface area is 107 Å². The first kappa shape index (κ1) is 11.7. The smallest absolute Gasteiger partial charge is 0.231 e. The lowest BCUT2D eigenvalue weighted by Crippen LogP contribution is -2.48. The van der Waals surface area contributed by atoms with Crippen molar-refractivity contribution in [3.63, 3.8) is 0 Å². The van der Waals surface area contributed by atoms with Crippen molar-refractivity contribution in [2.24, 2.45) is 5.41 Å². The first-order valence-corrected chi connectivity index (χ1v) is 6.39. The van der Waals surface area contributed by atoms with E-state index in [1.54, 1.807) is 0 Å². The van der Waals surface area contributed by atoms with Crippen LogP contribution >= 0.6 is 0 Å². The van der Waals surface area contributed by atoms with Gasteiger partial charge in [-0.1, -0.05) is 13.8 Å². The van der Waals surface area contributed by atoms with Crippen molar-refractivity contribution in [1.29, 1.82) is 0 Å². The second-order valence-corrected chi connectivity index (χ2v) is 5.75. The van der Waals surface area contributed by atoms with Crippen molar-refractivity contribution in [1.82, 2.24) is 0 Å². The fourth-order valence-electron chi connectivity index (χ4n) is 2.65. The highest BCUT2D eigenvalue weighted by Gasteiger charge is 2.34. The molecule has 2 aliphatic rings. The predicted molar refractivity (Wildman–Crippen MR) is 69.2 cm³/mol. The first-order chi connectivity index (χ1) is 8.56. The summed E-state index contributed by atoms with van der Waals surface area (Å²) in [6.45, 7) is 6.26. The van der Waals surface area contributed by atoms with Gasteiger partial charge in [0.15, 0.2) is 11.5 Å². The van der Waals surface area contributed by atoms with Crippen LogP contribution in [0.4, 0.5) is 5.69 Å². The number of piperidine rings is 1. The minimum atomic E-state index is -0.220. The Morgan fingerprint density at radius 1 is 1.28 bits per heavy atom. The number of anilines is 1. The maximum absolute atomic E-state index is 9.99. The molecule has 4 nitrogen and oxygen atoms in total. The van der Waals surface area contributed by atoms with Crippen LogP contribution in [0.15, 0.2) is 18.2 Å². The molecule has 0 radical (unpaired) electrons. The Morgan fingerprint density at radius 2 is 2.06 bits per heavy atom. The van der Waals surface area contributed by atoms with Crippen LogP contribution in [0.5, 0.6) is 11.5 Å². The Morgan fingerprint density at radius 3 is 2.83 bits per heavy atom. The highest BCUT2D eigenvalue weighted by atomic mass is 16.7. The highest BCUT2D eigenvalue weighted by Crippen LogP contribution is 2.38. The fraction of sp³-hybridized carbons (Fsp3) is 0.571. The minimum absolute atomic E-state index is 0.0748. The van der Waals surface area contributed by atoms with Crippen LogP contribution in [0.25, 0.3) is 0 Å². The van der Waals surface area contributed by atoms with Gasteiger partial charge in [-0.05, 0) is 18.6 Å². The number of nitrogens with zero attached hydrogens (tertiary/aromatic N) is 1. The summed E-state index contributed by atoms with van der Waals surface area (Å²) in [6, 6.07) is 6.03. The number of hydrogen-bond acceptors (Lipinski definition) is 4. The Hall–Kier alpha value is -1.42. The molecular weight excluding hydrogens is 230 g/mol. The van der Waals surface area contributed by atoms with Crippen molar-refractivity contribution in [3.8, 4) is 11.5 Å². The van der Waals surface area contributed by atoms with Crippen molar-refractivity contribution < 1.29 is 14.6 Å². The number of rotatable bonds is 1. The minimum Gasteiger partial charge on any atom is -0.454 e. The number of benzene rings is 1. The summed E-state index contributed by atoms with van der Waals surface area (Å²) in [5.41, 5.74) is 1.06. The average molecular weight is 249 g/mol. The molecule has 3 rings (SSSR count). The molecule has 0 aromatic heterocycles. The van der Waals surface area contributed by atoms with Crippen molar-refractivity contribution >= 4 is 5.69 Å². The van der Waals surface area contributed by atoms with E-state index in [9.17, 15) is 5.11 Å². The lowest BCUT2D eigenvalue weighted by atomic mass is 9.81. The monoisotopic (exact) mass is 249 g/mol. The Balaban J connectivity index is 1.83. The highest BCUT2D eigenvalue weighted by molar-refractivity contribution is 5.57. The number of aliphatic hydroxyl groups is 1.